The normalized spacial score (nSPS) is 9.53. The number of benzene rings is 1. The zero-order chi connectivity index (χ0) is 14.3. The van der Waals surface area contributed by atoms with Crippen LogP contribution in [-0.4, -0.2) is 25.0 Å². The summed E-state index contributed by atoms with van der Waals surface area (Å²) in [7, 11) is 0. The van der Waals surface area contributed by atoms with E-state index < -0.39 is 11.9 Å². The van der Waals surface area contributed by atoms with E-state index in [1.54, 1.807) is 6.07 Å². The predicted molar refractivity (Wildman–Crippen MR) is 69.4 cm³/mol. The summed E-state index contributed by atoms with van der Waals surface area (Å²) in [6, 6.07) is 7.28. The van der Waals surface area contributed by atoms with Crippen LogP contribution in [0.1, 0.15) is 27.9 Å². The highest BCUT2D eigenvalue weighted by atomic mass is 16.5. The van der Waals surface area contributed by atoms with Crippen LogP contribution in [0.4, 0.5) is 0 Å². The Labute approximate surface area is 112 Å². The lowest BCUT2D eigenvalue weighted by atomic mass is 10.1. The van der Waals surface area contributed by atoms with Gasteiger partial charge in [0.05, 0.1) is 18.1 Å². The SMILES string of the molecule is Cc1ccc(C(=O)OCC(=O)NCCC#N)c(C)c1. The Morgan fingerprint density at radius 3 is 2.74 bits per heavy atom. The van der Waals surface area contributed by atoms with E-state index in [-0.39, 0.29) is 19.6 Å². The minimum absolute atomic E-state index is 0.233. The fourth-order valence-electron chi connectivity index (χ4n) is 1.56. The quantitative estimate of drug-likeness (QED) is 0.642. The minimum Gasteiger partial charge on any atom is -0.452 e. The van der Waals surface area contributed by atoms with Gasteiger partial charge in [-0.2, -0.15) is 5.26 Å². The monoisotopic (exact) mass is 260 g/mol. The number of nitrogens with zero attached hydrogens (tertiary/aromatic N) is 1. The molecule has 0 saturated carbocycles. The standard InChI is InChI=1S/C14H16N2O3/c1-10-4-5-12(11(2)8-10)14(18)19-9-13(17)16-7-3-6-15/h4-5,8H,3,7,9H2,1-2H3,(H,16,17). The largest absolute Gasteiger partial charge is 0.452 e. The number of nitriles is 1. The first-order valence-corrected chi connectivity index (χ1v) is 5.92. The molecule has 0 atom stereocenters. The molecule has 0 radical (unpaired) electrons. The maximum Gasteiger partial charge on any atom is 0.338 e. The zero-order valence-corrected chi connectivity index (χ0v) is 11.0. The molecule has 0 heterocycles. The van der Waals surface area contributed by atoms with E-state index in [9.17, 15) is 9.59 Å². The lowest BCUT2D eigenvalue weighted by Crippen LogP contribution is -2.29. The highest BCUT2D eigenvalue weighted by molar-refractivity contribution is 5.92. The van der Waals surface area contributed by atoms with Gasteiger partial charge in [0, 0.05) is 6.54 Å². The van der Waals surface area contributed by atoms with Crippen LogP contribution in [0.25, 0.3) is 0 Å². The lowest BCUT2D eigenvalue weighted by molar-refractivity contribution is -0.124. The van der Waals surface area contributed by atoms with Gasteiger partial charge in [-0.15, -0.1) is 0 Å². The Morgan fingerprint density at radius 1 is 1.37 bits per heavy atom. The molecule has 0 aliphatic carbocycles. The zero-order valence-electron chi connectivity index (χ0n) is 11.0. The summed E-state index contributed by atoms with van der Waals surface area (Å²) >= 11 is 0. The van der Waals surface area contributed by atoms with Gasteiger partial charge in [0.1, 0.15) is 0 Å². The molecule has 0 spiro atoms. The molecule has 1 amide bonds. The average Bonchev–Trinajstić information content (AvgIpc) is 2.36. The van der Waals surface area contributed by atoms with E-state index in [0.717, 1.165) is 11.1 Å². The third kappa shape index (κ3) is 4.80. The van der Waals surface area contributed by atoms with Crippen LogP contribution in [0.2, 0.25) is 0 Å². The summed E-state index contributed by atoms with van der Waals surface area (Å²) in [5.74, 6) is -0.929. The summed E-state index contributed by atoms with van der Waals surface area (Å²) in [6.07, 6.45) is 0.233. The minimum atomic E-state index is -0.520. The number of esters is 1. The van der Waals surface area contributed by atoms with Crippen LogP contribution in [0.15, 0.2) is 18.2 Å². The van der Waals surface area contributed by atoms with E-state index in [0.29, 0.717) is 5.56 Å². The number of carbonyl (C=O) groups is 2. The third-order valence-corrected chi connectivity index (χ3v) is 2.50. The molecule has 5 heteroatoms. The van der Waals surface area contributed by atoms with E-state index >= 15 is 0 Å². The lowest BCUT2D eigenvalue weighted by Gasteiger charge is -2.07. The molecular formula is C14H16N2O3. The molecule has 0 bridgehead atoms. The highest BCUT2D eigenvalue weighted by Gasteiger charge is 2.12. The Bertz CT molecular complexity index is 518. The summed E-state index contributed by atoms with van der Waals surface area (Å²) in [5.41, 5.74) is 2.33. The van der Waals surface area contributed by atoms with Crippen molar-refractivity contribution in [3.05, 3.63) is 34.9 Å². The first kappa shape index (κ1) is 14.7. The van der Waals surface area contributed by atoms with Crippen LogP contribution in [0.5, 0.6) is 0 Å². The van der Waals surface area contributed by atoms with E-state index in [4.69, 9.17) is 10.00 Å². The van der Waals surface area contributed by atoms with Crippen molar-refractivity contribution in [2.75, 3.05) is 13.2 Å². The molecule has 0 saturated heterocycles. The third-order valence-electron chi connectivity index (χ3n) is 2.50. The number of ether oxygens (including phenoxy) is 1. The van der Waals surface area contributed by atoms with Gasteiger partial charge in [0.2, 0.25) is 0 Å². The number of nitrogens with one attached hydrogen (secondary N) is 1. The van der Waals surface area contributed by atoms with Crippen LogP contribution in [0.3, 0.4) is 0 Å². The number of hydrogen-bond acceptors (Lipinski definition) is 4. The molecule has 19 heavy (non-hydrogen) atoms. The van der Waals surface area contributed by atoms with Crippen LogP contribution >= 0.6 is 0 Å². The summed E-state index contributed by atoms with van der Waals surface area (Å²) < 4.78 is 4.91. The summed E-state index contributed by atoms with van der Waals surface area (Å²) in [4.78, 5) is 23.1. The molecule has 5 nitrogen and oxygen atoms in total. The number of amides is 1. The molecule has 0 fully saturated rings. The number of hydrogen-bond donors (Lipinski definition) is 1. The Balaban J connectivity index is 2.47. The van der Waals surface area contributed by atoms with Crippen molar-refractivity contribution in [3.8, 4) is 6.07 Å². The van der Waals surface area contributed by atoms with Crippen molar-refractivity contribution in [2.24, 2.45) is 0 Å². The molecule has 1 aromatic carbocycles. The molecule has 1 N–H and O–H groups in total. The molecular weight excluding hydrogens is 244 g/mol. The first-order valence-electron chi connectivity index (χ1n) is 5.92. The highest BCUT2D eigenvalue weighted by Crippen LogP contribution is 2.11. The second kappa shape index (κ2) is 7.17. The fraction of sp³-hybridized carbons (Fsp3) is 0.357. The van der Waals surface area contributed by atoms with Crippen LogP contribution in [0, 0.1) is 25.2 Å². The molecule has 0 unspecified atom stereocenters. The topological polar surface area (TPSA) is 79.2 Å². The van der Waals surface area contributed by atoms with Crippen molar-refractivity contribution in [1.82, 2.24) is 5.32 Å². The van der Waals surface area contributed by atoms with Crippen LogP contribution in [-0.2, 0) is 9.53 Å². The first-order chi connectivity index (χ1) is 9.04. The average molecular weight is 260 g/mol. The van der Waals surface area contributed by atoms with Gasteiger partial charge < -0.3 is 10.1 Å². The number of rotatable bonds is 5. The smallest absolute Gasteiger partial charge is 0.338 e. The van der Waals surface area contributed by atoms with Gasteiger partial charge in [-0.3, -0.25) is 4.79 Å². The van der Waals surface area contributed by atoms with E-state index in [2.05, 4.69) is 5.32 Å². The second-order valence-corrected chi connectivity index (χ2v) is 4.15. The molecule has 1 rings (SSSR count). The van der Waals surface area contributed by atoms with Crippen molar-refractivity contribution in [1.29, 1.82) is 5.26 Å². The van der Waals surface area contributed by atoms with E-state index in [1.165, 1.54) is 0 Å². The Kier molecular flexibility index (Phi) is 5.55. The van der Waals surface area contributed by atoms with Gasteiger partial charge >= 0.3 is 5.97 Å². The number of carbonyl (C=O) groups excluding carboxylic acids is 2. The van der Waals surface area contributed by atoms with Crippen molar-refractivity contribution in [2.45, 2.75) is 20.3 Å². The molecule has 1 aromatic rings. The Morgan fingerprint density at radius 2 is 2.11 bits per heavy atom. The van der Waals surface area contributed by atoms with Gasteiger partial charge in [-0.1, -0.05) is 17.7 Å². The van der Waals surface area contributed by atoms with E-state index in [1.807, 2.05) is 32.0 Å². The molecule has 0 aliphatic rings. The fourth-order valence-corrected chi connectivity index (χ4v) is 1.56. The number of aryl methyl sites for hydroxylation is 2. The van der Waals surface area contributed by atoms with Gasteiger partial charge in [-0.05, 0) is 25.5 Å². The second-order valence-electron chi connectivity index (χ2n) is 4.15. The van der Waals surface area contributed by atoms with Crippen LogP contribution < -0.4 is 5.32 Å². The molecule has 100 valence electrons. The Hall–Kier alpha value is -2.35. The van der Waals surface area contributed by atoms with Gasteiger partial charge in [0.25, 0.3) is 5.91 Å². The molecule has 0 aromatic heterocycles. The maximum absolute atomic E-state index is 11.8. The maximum atomic E-state index is 11.8. The van der Waals surface area contributed by atoms with Crippen molar-refractivity contribution < 1.29 is 14.3 Å². The summed E-state index contributed by atoms with van der Waals surface area (Å²) in [5, 5.41) is 10.8. The van der Waals surface area contributed by atoms with Gasteiger partial charge in [0.15, 0.2) is 6.61 Å². The summed E-state index contributed by atoms with van der Waals surface area (Å²) in [6.45, 7) is 3.68. The van der Waals surface area contributed by atoms with Crippen molar-refractivity contribution >= 4 is 11.9 Å². The van der Waals surface area contributed by atoms with Crippen molar-refractivity contribution in [3.63, 3.8) is 0 Å². The molecule has 0 aliphatic heterocycles. The van der Waals surface area contributed by atoms with Gasteiger partial charge in [-0.25, -0.2) is 4.79 Å². The predicted octanol–water partition coefficient (Wildman–Crippen LogP) is 1.49.